The average Bonchev–Trinajstić information content (AvgIpc) is 2.37. The number of pyridine rings is 1. The summed E-state index contributed by atoms with van der Waals surface area (Å²) >= 11 is 3.54. The summed E-state index contributed by atoms with van der Waals surface area (Å²) in [5.74, 6) is 1.69. The minimum absolute atomic E-state index is 0.186. The van der Waals surface area contributed by atoms with Crippen LogP contribution in [0.3, 0.4) is 0 Å². The van der Waals surface area contributed by atoms with Crippen LogP contribution in [-0.4, -0.2) is 11.1 Å². The zero-order valence-electron chi connectivity index (χ0n) is 11.3. The molecule has 0 unspecified atom stereocenters. The fourth-order valence-corrected chi connectivity index (χ4v) is 1.99. The van der Waals surface area contributed by atoms with Gasteiger partial charge in [0.15, 0.2) is 0 Å². The summed E-state index contributed by atoms with van der Waals surface area (Å²) < 4.78 is 6.59. The molecular weight excluding hydrogens is 304 g/mol. The standard InChI is InChI=1S/C15H17BrN2O/c1-10(2)19-13-6-4-12(5-7-13)18-15-14(16)11(3)8-9-17-15/h4-10H,1-3H3,(H,17,18). The molecular formula is C15H17BrN2O. The third kappa shape index (κ3) is 3.70. The molecule has 100 valence electrons. The highest BCUT2D eigenvalue weighted by Gasteiger charge is 2.04. The molecule has 0 aliphatic rings. The minimum Gasteiger partial charge on any atom is -0.491 e. The molecule has 1 N–H and O–H groups in total. The van der Waals surface area contributed by atoms with Crippen molar-refractivity contribution in [3.8, 4) is 5.75 Å². The van der Waals surface area contributed by atoms with Crippen molar-refractivity contribution in [2.75, 3.05) is 5.32 Å². The van der Waals surface area contributed by atoms with Crippen LogP contribution < -0.4 is 10.1 Å². The molecule has 2 rings (SSSR count). The third-order valence-electron chi connectivity index (χ3n) is 2.57. The third-order valence-corrected chi connectivity index (χ3v) is 3.57. The van der Waals surface area contributed by atoms with Crippen LogP contribution in [0, 0.1) is 6.92 Å². The van der Waals surface area contributed by atoms with E-state index in [1.54, 1.807) is 6.20 Å². The maximum atomic E-state index is 5.61. The molecule has 0 atom stereocenters. The summed E-state index contributed by atoms with van der Waals surface area (Å²) in [5, 5.41) is 3.28. The van der Waals surface area contributed by atoms with E-state index in [0.29, 0.717) is 0 Å². The number of rotatable bonds is 4. The van der Waals surface area contributed by atoms with E-state index in [4.69, 9.17) is 4.74 Å². The van der Waals surface area contributed by atoms with Crippen LogP contribution in [0.2, 0.25) is 0 Å². The molecule has 0 saturated carbocycles. The largest absolute Gasteiger partial charge is 0.491 e. The van der Waals surface area contributed by atoms with Crippen molar-refractivity contribution in [3.05, 3.63) is 46.6 Å². The molecule has 19 heavy (non-hydrogen) atoms. The average molecular weight is 321 g/mol. The lowest BCUT2D eigenvalue weighted by Gasteiger charge is -2.12. The summed E-state index contributed by atoms with van der Waals surface area (Å²) in [6, 6.07) is 9.83. The summed E-state index contributed by atoms with van der Waals surface area (Å²) in [6.07, 6.45) is 1.98. The molecule has 0 aliphatic carbocycles. The smallest absolute Gasteiger partial charge is 0.144 e. The number of benzene rings is 1. The lowest BCUT2D eigenvalue weighted by Crippen LogP contribution is -2.05. The van der Waals surface area contributed by atoms with E-state index in [1.165, 1.54) is 0 Å². The van der Waals surface area contributed by atoms with Gasteiger partial charge in [-0.15, -0.1) is 0 Å². The summed E-state index contributed by atoms with van der Waals surface area (Å²) in [7, 11) is 0. The van der Waals surface area contributed by atoms with E-state index in [0.717, 1.165) is 27.3 Å². The lowest BCUT2D eigenvalue weighted by atomic mass is 10.2. The van der Waals surface area contributed by atoms with Crippen LogP contribution >= 0.6 is 15.9 Å². The molecule has 2 aromatic rings. The molecule has 1 aromatic heterocycles. The molecule has 4 heteroatoms. The second kappa shape index (κ2) is 6.06. The first-order valence-corrected chi connectivity index (χ1v) is 7.00. The molecule has 1 heterocycles. The normalized spacial score (nSPS) is 10.6. The van der Waals surface area contributed by atoms with Crippen LogP contribution in [0.4, 0.5) is 11.5 Å². The molecule has 0 bridgehead atoms. The molecule has 0 saturated heterocycles. The maximum Gasteiger partial charge on any atom is 0.144 e. The second-order valence-corrected chi connectivity index (χ2v) is 5.40. The number of hydrogen-bond donors (Lipinski definition) is 1. The lowest BCUT2D eigenvalue weighted by molar-refractivity contribution is 0.242. The van der Waals surface area contributed by atoms with Crippen molar-refractivity contribution >= 4 is 27.4 Å². The molecule has 3 nitrogen and oxygen atoms in total. The van der Waals surface area contributed by atoms with Crippen molar-refractivity contribution in [1.82, 2.24) is 4.98 Å². The van der Waals surface area contributed by atoms with E-state index in [-0.39, 0.29) is 6.10 Å². The van der Waals surface area contributed by atoms with Crippen molar-refractivity contribution in [1.29, 1.82) is 0 Å². The zero-order valence-corrected chi connectivity index (χ0v) is 12.9. The molecule has 0 spiro atoms. The van der Waals surface area contributed by atoms with Crippen LogP contribution in [0.15, 0.2) is 41.0 Å². The Bertz CT molecular complexity index is 553. The minimum atomic E-state index is 0.186. The number of ether oxygens (including phenoxy) is 1. The monoisotopic (exact) mass is 320 g/mol. The fraction of sp³-hybridized carbons (Fsp3) is 0.267. The number of nitrogens with one attached hydrogen (secondary N) is 1. The Morgan fingerprint density at radius 2 is 1.84 bits per heavy atom. The number of aryl methyl sites for hydroxylation is 1. The van der Waals surface area contributed by atoms with Gasteiger partial charge in [-0.2, -0.15) is 0 Å². The van der Waals surface area contributed by atoms with Crippen molar-refractivity contribution < 1.29 is 4.74 Å². The van der Waals surface area contributed by atoms with Gasteiger partial charge >= 0.3 is 0 Å². The van der Waals surface area contributed by atoms with Gasteiger partial charge in [0.1, 0.15) is 11.6 Å². The Kier molecular flexibility index (Phi) is 4.43. The van der Waals surface area contributed by atoms with E-state index >= 15 is 0 Å². The molecule has 0 radical (unpaired) electrons. The Morgan fingerprint density at radius 1 is 1.16 bits per heavy atom. The fourth-order valence-electron chi connectivity index (χ4n) is 1.65. The number of halogens is 1. The number of hydrogen-bond acceptors (Lipinski definition) is 3. The number of aromatic nitrogens is 1. The Hall–Kier alpha value is -1.55. The summed E-state index contributed by atoms with van der Waals surface area (Å²) in [6.45, 7) is 6.07. The second-order valence-electron chi connectivity index (χ2n) is 4.61. The van der Waals surface area contributed by atoms with Crippen LogP contribution in [0.1, 0.15) is 19.4 Å². The van der Waals surface area contributed by atoms with E-state index in [9.17, 15) is 0 Å². The van der Waals surface area contributed by atoms with Gasteiger partial charge in [-0.1, -0.05) is 0 Å². The molecule has 1 aromatic carbocycles. The van der Waals surface area contributed by atoms with Gasteiger partial charge in [0.2, 0.25) is 0 Å². The van der Waals surface area contributed by atoms with Crippen LogP contribution in [0.25, 0.3) is 0 Å². The van der Waals surface area contributed by atoms with Gasteiger partial charge in [-0.05, 0) is 72.6 Å². The maximum absolute atomic E-state index is 5.61. The number of anilines is 2. The highest BCUT2D eigenvalue weighted by atomic mass is 79.9. The van der Waals surface area contributed by atoms with E-state index in [1.807, 2.05) is 51.1 Å². The highest BCUT2D eigenvalue weighted by Crippen LogP contribution is 2.27. The quantitative estimate of drug-likeness (QED) is 0.887. The molecule has 0 fully saturated rings. The van der Waals surface area contributed by atoms with E-state index < -0.39 is 0 Å². The van der Waals surface area contributed by atoms with Gasteiger partial charge in [-0.3, -0.25) is 0 Å². The molecule has 0 amide bonds. The van der Waals surface area contributed by atoms with Crippen LogP contribution in [0.5, 0.6) is 5.75 Å². The van der Waals surface area contributed by atoms with Crippen molar-refractivity contribution in [3.63, 3.8) is 0 Å². The topological polar surface area (TPSA) is 34.2 Å². The van der Waals surface area contributed by atoms with Gasteiger partial charge in [0.25, 0.3) is 0 Å². The Morgan fingerprint density at radius 3 is 2.47 bits per heavy atom. The predicted octanol–water partition coefficient (Wildman–Crippen LogP) is 4.68. The van der Waals surface area contributed by atoms with Gasteiger partial charge in [-0.25, -0.2) is 4.98 Å². The summed E-state index contributed by atoms with van der Waals surface area (Å²) in [5.41, 5.74) is 2.13. The first-order chi connectivity index (χ1) is 9.06. The zero-order chi connectivity index (χ0) is 13.8. The van der Waals surface area contributed by atoms with Crippen molar-refractivity contribution in [2.45, 2.75) is 26.9 Å². The Labute approximate surface area is 122 Å². The number of nitrogens with zero attached hydrogens (tertiary/aromatic N) is 1. The van der Waals surface area contributed by atoms with E-state index in [2.05, 4.69) is 26.2 Å². The van der Waals surface area contributed by atoms with Gasteiger partial charge < -0.3 is 10.1 Å². The predicted molar refractivity (Wildman–Crippen MR) is 82.2 cm³/mol. The first kappa shape index (κ1) is 13.9. The summed E-state index contributed by atoms with van der Waals surface area (Å²) in [4.78, 5) is 4.32. The Balaban J connectivity index is 2.13. The molecule has 0 aliphatic heterocycles. The highest BCUT2D eigenvalue weighted by molar-refractivity contribution is 9.10. The van der Waals surface area contributed by atoms with Gasteiger partial charge in [0.05, 0.1) is 10.6 Å². The van der Waals surface area contributed by atoms with Gasteiger partial charge in [0, 0.05) is 11.9 Å². The SMILES string of the molecule is Cc1ccnc(Nc2ccc(OC(C)C)cc2)c1Br. The first-order valence-electron chi connectivity index (χ1n) is 6.21. The van der Waals surface area contributed by atoms with Crippen molar-refractivity contribution in [2.24, 2.45) is 0 Å². The van der Waals surface area contributed by atoms with Crippen LogP contribution in [-0.2, 0) is 0 Å².